The van der Waals surface area contributed by atoms with Crippen LogP contribution in [0.1, 0.15) is 12.8 Å². The summed E-state index contributed by atoms with van der Waals surface area (Å²) in [4.78, 5) is 17.1. The smallest absolute Gasteiger partial charge is 0.243 e. The van der Waals surface area contributed by atoms with Crippen LogP contribution in [0.5, 0.6) is 0 Å². The fraction of sp³-hybridized carbons (Fsp3) is 0.263. The van der Waals surface area contributed by atoms with E-state index in [1.807, 2.05) is 0 Å². The number of nitrogens with one attached hydrogen (secondary N) is 1. The van der Waals surface area contributed by atoms with Crippen LogP contribution in [0.15, 0.2) is 41.3 Å². The zero-order chi connectivity index (χ0) is 21.5. The van der Waals surface area contributed by atoms with E-state index in [4.69, 9.17) is 23.2 Å². The first-order chi connectivity index (χ1) is 14.3. The quantitative estimate of drug-likeness (QED) is 0.573. The highest BCUT2D eigenvalue weighted by Gasteiger charge is 2.33. The van der Waals surface area contributed by atoms with Gasteiger partial charge in [-0.15, -0.1) is 0 Å². The third-order valence-corrected chi connectivity index (χ3v) is 8.50. The molecule has 1 amide bonds. The molecule has 1 saturated heterocycles. The maximum atomic E-state index is 13.1. The SMILES string of the molecule is O=C(Nc1nc2c(Cl)ccc(Cl)c2s1)C1CCCN(S(=O)(=O)c2ccc(F)cc2)C1. The van der Waals surface area contributed by atoms with Crippen molar-refractivity contribution in [2.45, 2.75) is 17.7 Å². The van der Waals surface area contributed by atoms with Crippen molar-refractivity contribution in [1.29, 1.82) is 0 Å². The second-order valence-electron chi connectivity index (χ2n) is 6.87. The Morgan fingerprint density at radius 2 is 1.87 bits per heavy atom. The minimum Gasteiger partial charge on any atom is -0.302 e. The molecule has 30 heavy (non-hydrogen) atoms. The average Bonchev–Trinajstić information content (AvgIpc) is 3.16. The van der Waals surface area contributed by atoms with Gasteiger partial charge in [0.25, 0.3) is 0 Å². The van der Waals surface area contributed by atoms with Gasteiger partial charge in [0.1, 0.15) is 11.3 Å². The lowest BCUT2D eigenvalue weighted by Gasteiger charge is -2.31. The third kappa shape index (κ3) is 4.17. The fourth-order valence-electron chi connectivity index (χ4n) is 3.34. The number of benzene rings is 2. The second-order valence-corrected chi connectivity index (χ2v) is 10.6. The van der Waals surface area contributed by atoms with E-state index in [1.54, 1.807) is 12.1 Å². The monoisotopic (exact) mass is 487 g/mol. The van der Waals surface area contributed by atoms with Crippen LogP contribution in [-0.4, -0.2) is 36.7 Å². The van der Waals surface area contributed by atoms with Crippen molar-refractivity contribution >= 4 is 65.8 Å². The molecule has 6 nitrogen and oxygen atoms in total. The van der Waals surface area contributed by atoms with Gasteiger partial charge in [0.15, 0.2) is 5.13 Å². The maximum Gasteiger partial charge on any atom is 0.243 e. The molecule has 3 aromatic rings. The molecule has 1 aromatic heterocycles. The van der Waals surface area contributed by atoms with E-state index in [-0.39, 0.29) is 17.3 Å². The number of thiazole rings is 1. The molecule has 4 rings (SSSR count). The summed E-state index contributed by atoms with van der Waals surface area (Å²) >= 11 is 13.5. The van der Waals surface area contributed by atoms with Crippen molar-refractivity contribution in [2.75, 3.05) is 18.4 Å². The summed E-state index contributed by atoms with van der Waals surface area (Å²) in [7, 11) is -3.81. The van der Waals surface area contributed by atoms with Crippen molar-refractivity contribution in [3.05, 3.63) is 52.3 Å². The Bertz CT molecular complexity index is 1180. The van der Waals surface area contributed by atoms with Gasteiger partial charge in [0.05, 0.1) is 25.6 Å². The number of halogens is 3. The van der Waals surface area contributed by atoms with Crippen LogP contribution in [0, 0.1) is 11.7 Å². The molecule has 158 valence electrons. The zero-order valence-corrected chi connectivity index (χ0v) is 18.6. The van der Waals surface area contributed by atoms with Gasteiger partial charge in [-0.3, -0.25) is 4.79 Å². The predicted molar refractivity (Wildman–Crippen MR) is 116 cm³/mol. The lowest BCUT2D eigenvalue weighted by Crippen LogP contribution is -2.43. The number of hydrogen-bond donors (Lipinski definition) is 1. The third-order valence-electron chi connectivity index (χ3n) is 4.88. The second kappa shape index (κ2) is 8.39. The highest BCUT2D eigenvalue weighted by Crippen LogP contribution is 2.36. The summed E-state index contributed by atoms with van der Waals surface area (Å²) in [5, 5.41) is 4.02. The molecule has 2 aromatic carbocycles. The molecule has 1 N–H and O–H groups in total. The first-order valence-corrected chi connectivity index (χ1v) is 12.1. The summed E-state index contributed by atoms with van der Waals surface area (Å²) in [5.41, 5.74) is 0.508. The number of carbonyl (C=O) groups is 1. The Kier molecular flexibility index (Phi) is 6.00. The summed E-state index contributed by atoms with van der Waals surface area (Å²) in [6.07, 6.45) is 1.09. The van der Waals surface area contributed by atoms with Gasteiger partial charge in [0, 0.05) is 13.1 Å². The van der Waals surface area contributed by atoms with Gasteiger partial charge in [-0.2, -0.15) is 4.31 Å². The molecule has 1 fully saturated rings. The van der Waals surface area contributed by atoms with Crippen molar-refractivity contribution < 1.29 is 17.6 Å². The van der Waals surface area contributed by atoms with Crippen molar-refractivity contribution in [2.24, 2.45) is 5.92 Å². The molecule has 11 heteroatoms. The molecule has 2 heterocycles. The van der Waals surface area contributed by atoms with E-state index >= 15 is 0 Å². The van der Waals surface area contributed by atoms with E-state index in [0.717, 1.165) is 12.1 Å². The van der Waals surface area contributed by atoms with Crippen molar-refractivity contribution in [1.82, 2.24) is 9.29 Å². The standard InChI is InChI=1S/C19H16Cl2FN3O3S2/c20-14-7-8-15(21)17-16(14)23-19(29-17)24-18(26)11-2-1-9-25(10-11)30(27,28)13-5-3-12(22)4-6-13/h3-8,11H,1-2,9-10H2,(H,23,24,26). The Morgan fingerprint density at radius 1 is 1.17 bits per heavy atom. The number of carbonyl (C=O) groups excluding carboxylic acids is 1. The molecular weight excluding hydrogens is 472 g/mol. The van der Waals surface area contributed by atoms with E-state index in [9.17, 15) is 17.6 Å². The number of amides is 1. The summed E-state index contributed by atoms with van der Waals surface area (Å²) in [5.74, 6) is -1.37. The molecule has 0 bridgehead atoms. The maximum absolute atomic E-state index is 13.1. The summed E-state index contributed by atoms with van der Waals surface area (Å²) in [6, 6.07) is 7.95. The minimum atomic E-state index is -3.81. The Hall–Kier alpha value is -1.78. The predicted octanol–water partition coefficient (Wildman–Crippen LogP) is 4.78. The Morgan fingerprint density at radius 3 is 2.57 bits per heavy atom. The van der Waals surface area contributed by atoms with Gasteiger partial charge in [0.2, 0.25) is 15.9 Å². The van der Waals surface area contributed by atoms with Crippen LogP contribution in [0.3, 0.4) is 0 Å². The molecule has 1 atom stereocenters. The number of aromatic nitrogens is 1. The molecular formula is C19H16Cl2FN3O3S2. The van der Waals surface area contributed by atoms with Gasteiger partial charge < -0.3 is 5.32 Å². The molecule has 1 aliphatic rings. The van der Waals surface area contributed by atoms with Crippen molar-refractivity contribution in [3.63, 3.8) is 0 Å². The van der Waals surface area contributed by atoms with Gasteiger partial charge in [-0.25, -0.2) is 17.8 Å². The molecule has 0 saturated carbocycles. The van der Waals surface area contributed by atoms with Crippen LogP contribution in [0.25, 0.3) is 10.2 Å². The highest BCUT2D eigenvalue weighted by atomic mass is 35.5. The first kappa shape index (κ1) is 21.5. The van der Waals surface area contributed by atoms with E-state index in [2.05, 4.69) is 10.3 Å². The number of anilines is 1. The summed E-state index contributed by atoms with van der Waals surface area (Å²) in [6.45, 7) is 0.341. The van der Waals surface area contributed by atoms with Gasteiger partial charge in [-0.05, 0) is 49.2 Å². The van der Waals surface area contributed by atoms with Gasteiger partial charge in [-0.1, -0.05) is 34.5 Å². The first-order valence-electron chi connectivity index (χ1n) is 9.07. The molecule has 0 aliphatic carbocycles. The average molecular weight is 488 g/mol. The normalized spacial score (nSPS) is 17.9. The molecule has 0 radical (unpaired) electrons. The van der Waals surface area contributed by atoms with Crippen LogP contribution < -0.4 is 5.32 Å². The van der Waals surface area contributed by atoms with Crippen LogP contribution >= 0.6 is 34.5 Å². The molecule has 0 spiro atoms. The molecule has 1 unspecified atom stereocenters. The summed E-state index contributed by atoms with van der Waals surface area (Å²) < 4.78 is 40.8. The topological polar surface area (TPSA) is 79.4 Å². The molecule has 1 aliphatic heterocycles. The van der Waals surface area contributed by atoms with E-state index in [0.29, 0.717) is 44.8 Å². The van der Waals surface area contributed by atoms with E-state index < -0.39 is 21.8 Å². The minimum absolute atomic E-state index is 0.000384. The Balaban J connectivity index is 1.50. The van der Waals surface area contributed by atoms with Gasteiger partial charge >= 0.3 is 0 Å². The fourth-order valence-corrected chi connectivity index (χ4v) is 6.28. The Labute approximate surface area is 186 Å². The number of nitrogens with zero attached hydrogens (tertiary/aromatic N) is 2. The number of rotatable bonds is 4. The largest absolute Gasteiger partial charge is 0.302 e. The number of fused-ring (bicyclic) bond motifs is 1. The van der Waals surface area contributed by atoms with Crippen LogP contribution in [-0.2, 0) is 14.8 Å². The van der Waals surface area contributed by atoms with Crippen molar-refractivity contribution in [3.8, 4) is 0 Å². The highest BCUT2D eigenvalue weighted by molar-refractivity contribution is 7.89. The number of sulfonamides is 1. The number of hydrogen-bond acceptors (Lipinski definition) is 5. The van der Waals surface area contributed by atoms with Crippen LogP contribution in [0.2, 0.25) is 10.0 Å². The number of piperidine rings is 1. The lowest BCUT2D eigenvalue weighted by atomic mass is 9.99. The van der Waals surface area contributed by atoms with Crippen LogP contribution in [0.4, 0.5) is 9.52 Å². The zero-order valence-electron chi connectivity index (χ0n) is 15.4. The van der Waals surface area contributed by atoms with E-state index in [1.165, 1.54) is 27.8 Å². The lowest BCUT2D eigenvalue weighted by molar-refractivity contribution is -0.120.